The van der Waals surface area contributed by atoms with Crippen molar-refractivity contribution in [3.63, 3.8) is 0 Å². The molecule has 3 rings (SSSR count). The number of nitrogens with two attached hydrogens (primary N) is 1. The van der Waals surface area contributed by atoms with Crippen LogP contribution in [0.2, 0.25) is 0 Å². The van der Waals surface area contributed by atoms with Crippen LogP contribution in [0.5, 0.6) is 0 Å². The molecule has 3 heterocycles. The quantitative estimate of drug-likeness (QED) is 0.756. The first-order valence-electron chi connectivity index (χ1n) is 6.43. The summed E-state index contributed by atoms with van der Waals surface area (Å²) in [6, 6.07) is 5.52. The third-order valence-corrected chi connectivity index (χ3v) is 4.22. The molecule has 0 saturated carbocycles. The molecule has 0 unspecified atom stereocenters. The second kappa shape index (κ2) is 5.23. The highest BCUT2D eigenvalue weighted by Crippen LogP contribution is 2.27. The lowest BCUT2D eigenvalue weighted by atomic mass is 10.2. The molecule has 22 heavy (non-hydrogen) atoms. The van der Waals surface area contributed by atoms with E-state index in [9.17, 15) is 9.59 Å². The number of anilines is 1. The number of hydrogen-bond donors (Lipinski definition) is 1. The predicted molar refractivity (Wildman–Crippen MR) is 85.7 cm³/mol. The van der Waals surface area contributed by atoms with Crippen LogP contribution in [0.3, 0.4) is 0 Å². The number of thiazole rings is 1. The average molecular weight is 315 g/mol. The first-order chi connectivity index (χ1) is 10.5. The van der Waals surface area contributed by atoms with Crippen LogP contribution in [-0.2, 0) is 14.1 Å². The zero-order chi connectivity index (χ0) is 15.9. The summed E-state index contributed by atoms with van der Waals surface area (Å²) in [7, 11) is 2.94. The van der Waals surface area contributed by atoms with Crippen LogP contribution in [-0.4, -0.2) is 19.1 Å². The van der Waals surface area contributed by atoms with Crippen molar-refractivity contribution in [2.45, 2.75) is 0 Å². The summed E-state index contributed by atoms with van der Waals surface area (Å²) in [5.74, 6) is 0.103. The summed E-state index contributed by atoms with van der Waals surface area (Å²) in [5.41, 5.74) is 6.40. The molecule has 3 aromatic heterocycles. The summed E-state index contributed by atoms with van der Waals surface area (Å²) in [6.45, 7) is 0. The fraction of sp³-hybridized carbons (Fsp3) is 0.143. The van der Waals surface area contributed by atoms with Gasteiger partial charge in [0, 0.05) is 25.7 Å². The fourth-order valence-corrected chi connectivity index (χ4v) is 2.88. The van der Waals surface area contributed by atoms with E-state index in [1.807, 2.05) is 18.2 Å². The molecule has 0 amide bonds. The van der Waals surface area contributed by atoms with Gasteiger partial charge in [0.05, 0.1) is 11.4 Å². The van der Waals surface area contributed by atoms with Crippen LogP contribution in [0.1, 0.15) is 0 Å². The highest BCUT2D eigenvalue weighted by atomic mass is 32.1. The minimum Gasteiger partial charge on any atom is -0.384 e. The summed E-state index contributed by atoms with van der Waals surface area (Å²) in [6.07, 6.45) is 1.68. The van der Waals surface area contributed by atoms with E-state index in [2.05, 4.69) is 9.97 Å². The van der Waals surface area contributed by atoms with E-state index in [1.165, 1.54) is 30.0 Å². The second-order valence-corrected chi connectivity index (χ2v) is 5.58. The van der Waals surface area contributed by atoms with Gasteiger partial charge in [-0.15, -0.1) is 11.3 Å². The van der Waals surface area contributed by atoms with E-state index in [4.69, 9.17) is 5.73 Å². The number of hydrogen-bond acceptors (Lipinski definition) is 6. The molecule has 0 fully saturated rings. The normalized spacial score (nSPS) is 10.8. The Morgan fingerprint density at radius 1 is 1.14 bits per heavy atom. The predicted octanol–water partition coefficient (Wildman–Crippen LogP) is 0.852. The summed E-state index contributed by atoms with van der Waals surface area (Å²) in [5, 5.41) is 2.42. The van der Waals surface area contributed by atoms with Crippen molar-refractivity contribution in [2.75, 3.05) is 5.73 Å². The van der Waals surface area contributed by atoms with Crippen molar-refractivity contribution in [1.82, 2.24) is 19.1 Å². The summed E-state index contributed by atoms with van der Waals surface area (Å²) < 4.78 is 2.25. The largest absolute Gasteiger partial charge is 0.384 e. The van der Waals surface area contributed by atoms with Crippen LogP contribution in [0.25, 0.3) is 22.0 Å². The topological polar surface area (TPSA) is 95.8 Å². The van der Waals surface area contributed by atoms with E-state index in [1.54, 1.807) is 11.6 Å². The maximum atomic E-state index is 12.3. The van der Waals surface area contributed by atoms with Crippen LogP contribution < -0.4 is 17.0 Å². The Kier molecular flexibility index (Phi) is 3.38. The lowest BCUT2D eigenvalue weighted by Gasteiger charge is -2.09. The first kappa shape index (κ1) is 14.2. The molecule has 0 spiro atoms. The minimum absolute atomic E-state index is 0.103. The summed E-state index contributed by atoms with van der Waals surface area (Å²) in [4.78, 5) is 32.8. The number of aromatic nitrogens is 4. The lowest BCUT2D eigenvalue weighted by molar-refractivity contribution is 0.696. The Bertz CT molecular complexity index is 956. The third-order valence-electron chi connectivity index (χ3n) is 3.35. The molecule has 7 nitrogen and oxygen atoms in total. The zero-order valence-electron chi connectivity index (χ0n) is 12.0. The van der Waals surface area contributed by atoms with Crippen LogP contribution in [0.15, 0.2) is 39.4 Å². The Labute approximate surface area is 129 Å². The Hall–Kier alpha value is -2.74. The molecule has 3 aromatic rings. The number of nitrogens with zero attached hydrogens (tertiary/aromatic N) is 4. The molecule has 0 atom stereocenters. The van der Waals surface area contributed by atoms with Crippen molar-refractivity contribution < 1.29 is 0 Å². The number of rotatable bonds is 2. The Balaban J connectivity index is 2.21. The van der Waals surface area contributed by atoms with Gasteiger partial charge < -0.3 is 5.73 Å². The fourth-order valence-electron chi connectivity index (χ4n) is 2.10. The van der Waals surface area contributed by atoms with Crippen LogP contribution >= 0.6 is 11.3 Å². The molecular formula is C14H13N5O2S. The maximum absolute atomic E-state index is 12.3. The first-order valence-corrected chi connectivity index (χ1v) is 7.31. The zero-order valence-corrected chi connectivity index (χ0v) is 12.8. The van der Waals surface area contributed by atoms with E-state index in [0.29, 0.717) is 10.7 Å². The molecule has 0 saturated heterocycles. The average Bonchev–Trinajstić information content (AvgIpc) is 3.02. The van der Waals surface area contributed by atoms with Crippen molar-refractivity contribution in [1.29, 1.82) is 0 Å². The molecule has 0 aliphatic carbocycles. The second-order valence-electron chi connectivity index (χ2n) is 4.72. The SMILES string of the molecule is Cn1c(N)c(-c2csc(-c3ccccn3)n2)c(=O)n(C)c1=O. The smallest absolute Gasteiger partial charge is 0.332 e. The molecule has 0 aliphatic rings. The van der Waals surface area contributed by atoms with Crippen LogP contribution in [0.4, 0.5) is 5.82 Å². The minimum atomic E-state index is -0.466. The highest BCUT2D eigenvalue weighted by molar-refractivity contribution is 7.13. The Morgan fingerprint density at radius 2 is 1.91 bits per heavy atom. The monoisotopic (exact) mass is 315 g/mol. The molecule has 0 aliphatic heterocycles. The van der Waals surface area contributed by atoms with Crippen molar-refractivity contribution in [2.24, 2.45) is 14.1 Å². The number of pyridine rings is 1. The standard InChI is InChI=1S/C14H13N5O2S/c1-18-11(15)10(13(20)19(2)14(18)21)9-7-22-12(17-9)8-5-3-4-6-16-8/h3-7H,15H2,1-2H3. The van der Waals surface area contributed by atoms with E-state index < -0.39 is 11.2 Å². The lowest BCUT2D eigenvalue weighted by Crippen LogP contribution is -2.39. The molecule has 112 valence electrons. The van der Waals surface area contributed by atoms with Gasteiger partial charge in [-0.25, -0.2) is 9.78 Å². The van der Waals surface area contributed by atoms with Gasteiger partial charge in [-0.05, 0) is 12.1 Å². The molecule has 0 bridgehead atoms. The van der Waals surface area contributed by atoms with Gasteiger partial charge in [0.15, 0.2) is 0 Å². The maximum Gasteiger partial charge on any atom is 0.332 e. The molecule has 0 radical (unpaired) electrons. The van der Waals surface area contributed by atoms with Crippen LogP contribution in [0, 0.1) is 0 Å². The van der Waals surface area contributed by atoms with Crippen molar-refractivity contribution in [3.05, 3.63) is 50.6 Å². The van der Waals surface area contributed by atoms with Gasteiger partial charge in [0.2, 0.25) is 0 Å². The van der Waals surface area contributed by atoms with Crippen molar-refractivity contribution >= 4 is 17.2 Å². The molecule has 0 aromatic carbocycles. The van der Waals surface area contributed by atoms with E-state index in [-0.39, 0.29) is 11.4 Å². The third kappa shape index (κ3) is 2.13. The van der Waals surface area contributed by atoms with Gasteiger partial charge in [0.1, 0.15) is 16.4 Å². The van der Waals surface area contributed by atoms with Gasteiger partial charge >= 0.3 is 5.69 Å². The summed E-state index contributed by atoms with van der Waals surface area (Å²) >= 11 is 1.37. The molecular weight excluding hydrogens is 302 g/mol. The molecule has 8 heteroatoms. The van der Waals surface area contributed by atoms with E-state index >= 15 is 0 Å². The van der Waals surface area contributed by atoms with Crippen molar-refractivity contribution in [3.8, 4) is 22.0 Å². The van der Waals surface area contributed by atoms with Gasteiger partial charge in [-0.1, -0.05) is 6.07 Å². The number of nitrogen functional groups attached to an aromatic ring is 1. The van der Waals surface area contributed by atoms with Gasteiger partial charge in [-0.3, -0.25) is 18.9 Å². The van der Waals surface area contributed by atoms with Gasteiger partial charge in [-0.2, -0.15) is 0 Å². The van der Waals surface area contributed by atoms with E-state index in [0.717, 1.165) is 10.3 Å². The Morgan fingerprint density at radius 3 is 2.59 bits per heavy atom. The molecule has 2 N–H and O–H groups in total. The van der Waals surface area contributed by atoms with Gasteiger partial charge in [0.25, 0.3) is 5.56 Å². The highest BCUT2D eigenvalue weighted by Gasteiger charge is 2.18.